The molecule has 0 fully saturated rings. The van der Waals surface area contributed by atoms with Crippen molar-refractivity contribution in [1.82, 2.24) is 0 Å². The maximum absolute atomic E-state index is 11.3. The Balaban J connectivity index is 3.40. The highest BCUT2D eigenvalue weighted by atomic mass is 35.5. The summed E-state index contributed by atoms with van der Waals surface area (Å²) >= 11 is 11.6. The van der Waals surface area contributed by atoms with Gasteiger partial charge in [0.15, 0.2) is 0 Å². The van der Waals surface area contributed by atoms with E-state index >= 15 is 0 Å². The number of hydrogen-bond donors (Lipinski definition) is 1. The van der Waals surface area contributed by atoms with E-state index in [2.05, 4.69) is 4.74 Å². The van der Waals surface area contributed by atoms with Gasteiger partial charge in [0.25, 0.3) is 0 Å². The van der Waals surface area contributed by atoms with Crippen molar-refractivity contribution in [2.45, 2.75) is 6.92 Å². The first-order valence-corrected chi connectivity index (χ1v) is 4.57. The molecule has 2 N–H and O–H groups in total. The van der Waals surface area contributed by atoms with Crippen LogP contribution in [0.3, 0.4) is 0 Å². The second-order valence-electron chi connectivity index (χ2n) is 2.75. The van der Waals surface area contributed by atoms with E-state index in [-0.39, 0.29) is 15.7 Å². The summed E-state index contributed by atoms with van der Waals surface area (Å²) in [6.07, 6.45) is 0. The molecule has 0 aromatic heterocycles. The van der Waals surface area contributed by atoms with Crippen LogP contribution in [0.2, 0.25) is 10.0 Å². The number of esters is 1. The molecule has 0 spiro atoms. The Morgan fingerprint density at radius 3 is 2.57 bits per heavy atom. The fourth-order valence-electron chi connectivity index (χ4n) is 1.06. The van der Waals surface area contributed by atoms with Gasteiger partial charge in [-0.05, 0) is 18.6 Å². The fraction of sp³-hybridized carbons (Fsp3) is 0.222. The highest BCUT2D eigenvalue weighted by Gasteiger charge is 2.16. The van der Waals surface area contributed by atoms with Crippen molar-refractivity contribution < 1.29 is 9.53 Å². The van der Waals surface area contributed by atoms with Crippen LogP contribution in [0.1, 0.15) is 15.9 Å². The third-order valence-corrected chi connectivity index (χ3v) is 2.70. The highest BCUT2D eigenvalue weighted by molar-refractivity contribution is 6.39. The molecule has 0 atom stereocenters. The van der Waals surface area contributed by atoms with E-state index in [1.165, 1.54) is 13.2 Å². The van der Waals surface area contributed by atoms with Crippen LogP contribution in [0.5, 0.6) is 0 Å². The molecule has 0 aliphatic carbocycles. The number of anilines is 1. The first-order chi connectivity index (χ1) is 6.49. The summed E-state index contributed by atoms with van der Waals surface area (Å²) in [7, 11) is 1.29. The Morgan fingerprint density at radius 1 is 1.50 bits per heavy atom. The fourth-order valence-corrected chi connectivity index (χ4v) is 1.52. The lowest BCUT2D eigenvalue weighted by Crippen LogP contribution is -2.05. The van der Waals surface area contributed by atoms with Crippen molar-refractivity contribution in [3.63, 3.8) is 0 Å². The lowest BCUT2D eigenvalue weighted by Gasteiger charge is -2.09. The number of nitrogens with two attached hydrogens (primary N) is 1. The van der Waals surface area contributed by atoms with E-state index in [0.29, 0.717) is 11.1 Å². The van der Waals surface area contributed by atoms with Crippen molar-refractivity contribution in [3.8, 4) is 0 Å². The first-order valence-electron chi connectivity index (χ1n) is 3.81. The summed E-state index contributed by atoms with van der Waals surface area (Å²) in [4.78, 5) is 11.3. The van der Waals surface area contributed by atoms with E-state index in [1.54, 1.807) is 6.92 Å². The minimum absolute atomic E-state index is 0.251. The summed E-state index contributed by atoms with van der Waals surface area (Å²) in [6, 6.07) is 1.45. The van der Waals surface area contributed by atoms with E-state index in [0.717, 1.165) is 0 Å². The normalized spacial score (nSPS) is 10.0. The number of carbonyl (C=O) groups is 1. The van der Waals surface area contributed by atoms with Gasteiger partial charge in [0.1, 0.15) is 0 Å². The Bertz CT molecular complexity index is 391. The quantitative estimate of drug-likeness (QED) is 0.600. The van der Waals surface area contributed by atoms with E-state index in [4.69, 9.17) is 28.9 Å². The molecule has 3 nitrogen and oxygen atoms in total. The second kappa shape index (κ2) is 4.07. The van der Waals surface area contributed by atoms with Crippen LogP contribution in [0.4, 0.5) is 5.69 Å². The van der Waals surface area contributed by atoms with Gasteiger partial charge in [-0.1, -0.05) is 23.2 Å². The first kappa shape index (κ1) is 11.1. The molecular formula is C9H9Cl2NO2. The van der Waals surface area contributed by atoms with Crippen molar-refractivity contribution in [2.24, 2.45) is 0 Å². The lowest BCUT2D eigenvalue weighted by molar-refractivity contribution is 0.0600. The smallest absolute Gasteiger partial charge is 0.338 e. The van der Waals surface area contributed by atoms with Crippen molar-refractivity contribution in [3.05, 3.63) is 27.2 Å². The van der Waals surface area contributed by atoms with Crippen LogP contribution < -0.4 is 5.73 Å². The van der Waals surface area contributed by atoms with E-state index in [1.807, 2.05) is 0 Å². The Morgan fingerprint density at radius 2 is 2.07 bits per heavy atom. The summed E-state index contributed by atoms with van der Waals surface area (Å²) in [5, 5.41) is 0.541. The van der Waals surface area contributed by atoms with Crippen molar-refractivity contribution in [2.75, 3.05) is 12.8 Å². The third-order valence-electron chi connectivity index (χ3n) is 1.90. The zero-order chi connectivity index (χ0) is 10.9. The van der Waals surface area contributed by atoms with Gasteiger partial charge in [0, 0.05) is 0 Å². The molecule has 76 valence electrons. The topological polar surface area (TPSA) is 52.3 Å². The van der Waals surface area contributed by atoms with Crippen LogP contribution in [-0.2, 0) is 4.74 Å². The van der Waals surface area contributed by atoms with Gasteiger partial charge in [-0.3, -0.25) is 0 Å². The Kier molecular flexibility index (Phi) is 3.24. The SMILES string of the molecule is COC(=O)c1cc(Cl)c(N)c(Cl)c1C. The molecule has 1 aromatic carbocycles. The van der Waals surface area contributed by atoms with Crippen LogP contribution in [0.15, 0.2) is 6.07 Å². The highest BCUT2D eigenvalue weighted by Crippen LogP contribution is 2.33. The van der Waals surface area contributed by atoms with E-state index < -0.39 is 5.97 Å². The molecule has 0 unspecified atom stereocenters. The molecule has 0 radical (unpaired) electrons. The number of methoxy groups -OCH3 is 1. The average molecular weight is 234 g/mol. The van der Waals surface area contributed by atoms with Crippen LogP contribution in [0, 0.1) is 6.92 Å². The number of benzene rings is 1. The number of hydrogen-bond acceptors (Lipinski definition) is 3. The molecule has 0 saturated heterocycles. The molecule has 0 amide bonds. The standard InChI is InChI=1S/C9H9Cl2NO2/c1-4-5(9(13)14-2)3-6(10)8(12)7(4)11/h3H,12H2,1-2H3. The maximum Gasteiger partial charge on any atom is 0.338 e. The minimum atomic E-state index is -0.480. The van der Waals surface area contributed by atoms with Crippen LogP contribution in [0.25, 0.3) is 0 Å². The molecule has 1 rings (SSSR count). The molecule has 0 aliphatic heterocycles. The number of ether oxygens (including phenoxy) is 1. The molecule has 0 bridgehead atoms. The molecule has 0 heterocycles. The Labute approximate surface area is 91.7 Å². The predicted octanol–water partition coefficient (Wildman–Crippen LogP) is 2.67. The van der Waals surface area contributed by atoms with Crippen molar-refractivity contribution >= 4 is 34.9 Å². The van der Waals surface area contributed by atoms with Crippen LogP contribution in [-0.4, -0.2) is 13.1 Å². The Hall–Kier alpha value is -0.930. The molecule has 14 heavy (non-hydrogen) atoms. The summed E-state index contributed by atoms with van der Waals surface area (Å²) in [6.45, 7) is 1.68. The predicted molar refractivity (Wildman–Crippen MR) is 57.0 cm³/mol. The maximum atomic E-state index is 11.3. The number of carbonyl (C=O) groups excluding carboxylic acids is 1. The van der Waals surface area contributed by atoms with Gasteiger partial charge < -0.3 is 10.5 Å². The molecule has 1 aromatic rings. The summed E-state index contributed by atoms with van der Waals surface area (Å²) < 4.78 is 4.57. The zero-order valence-corrected chi connectivity index (χ0v) is 9.24. The van der Waals surface area contributed by atoms with Gasteiger partial charge in [-0.15, -0.1) is 0 Å². The average Bonchev–Trinajstić information content (AvgIpc) is 2.19. The number of halogens is 2. The number of nitrogen functional groups attached to an aromatic ring is 1. The monoisotopic (exact) mass is 233 g/mol. The summed E-state index contributed by atoms with van der Waals surface area (Å²) in [5.74, 6) is -0.480. The summed E-state index contributed by atoms with van der Waals surface area (Å²) in [5.41, 5.74) is 6.75. The lowest BCUT2D eigenvalue weighted by atomic mass is 10.1. The largest absolute Gasteiger partial charge is 0.465 e. The number of rotatable bonds is 1. The van der Waals surface area contributed by atoms with Gasteiger partial charge in [0.2, 0.25) is 0 Å². The third kappa shape index (κ3) is 1.79. The van der Waals surface area contributed by atoms with E-state index in [9.17, 15) is 4.79 Å². The molecular weight excluding hydrogens is 225 g/mol. The molecule has 0 saturated carbocycles. The minimum Gasteiger partial charge on any atom is -0.465 e. The van der Waals surface area contributed by atoms with Gasteiger partial charge >= 0.3 is 5.97 Å². The molecule has 5 heteroatoms. The second-order valence-corrected chi connectivity index (χ2v) is 3.54. The zero-order valence-electron chi connectivity index (χ0n) is 7.73. The van der Waals surface area contributed by atoms with Crippen LogP contribution >= 0.6 is 23.2 Å². The molecule has 0 aliphatic rings. The van der Waals surface area contributed by atoms with Gasteiger partial charge in [0.05, 0.1) is 28.4 Å². The van der Waals surface area contributed by atoms with Crippen molar-refractivity contribution in [1.29, 1.82) is 0 Å². The van der Waals surface area contributed by atoms with Gasteiger partial charge in [-0.2, -0.15) is 0 Å². The van der Waals surface area contributed by atoms with Gasteiger partial charge in [-0.25, -0.2) is 4.79 Å².